The highest BCUT2D eigenvalue weighted by Gasteiger charge is 2.39. The van der Waals surface area contributed by atoms with E-state index >= 15 is 0 Å². The molecule has 0 aromatic carbocycles. The van der Waals surface area contributed by atoms with Crippen LogP contribution in [-0.4, -0.2) is 26.3 Å². The molecule has 0 spiro atoms. The Morgan fingerprint density at radius 3 is 2.56 bits per heavy atom. The summed E-state index contributed by atoms with van der Waals surface area (Å²) in [5.74, 6) is 0.934. The third-order valence-corrected chi connectivity index (χ3v) is 5.63. The Balaban J connectivity index is 2.72. The van der Waals surface area contributed by atoms with Gasteiger partial charge in [0, 0.05) is 12.1 Å². The first-order chi connectivity index (χ1) is 8.31. The van der Waals surface area contributed by atoms with Crippen molar-refractivity contribution in [3.63, 3.8) is 0 Å². The third kappa shape index (κ3) is 4.21. The molecule has 0 aliphatic heterocycles. The largest absolute Gasteiger partial charge is 0.329 e. The van der Waals surface area contributed by atoms with Gasteiger partial charge in [0.15, 0.2) is 0 Å². The molecule has 3 N–H and O–H groups in total. The van der Waals surface area contributed by atoms with Crippen molar-refractivity contribution in [1.29, 1.82) is 0 Å². The highest BCUT2D eigenvalue weighted by Crippen LogP contribution is 2.33. The second-order valence-corrected chi connectivity index (χ2v) is 7.95. The first-order valence-corrected chi connectivity index (χ1v) is 8.68. The van der Waals surface area contributed by atoms with Crippen molar-refractivity contribution >= 4 is 10.0 Å². The van der Waals surface area contributed by atoms with Crippen LogP contribution in [0.15, 0.2) is 0 Å². The minimum absolute atomic E-state index is 0.207. The van der Waals surface area contributed by atoms with Gasteiger partial charge in [0.05, 0.1) is 5.75 Å². The SMILES string of the molecule is CC(C)CCS(=O)(=O)NC1(CN)CCCCC1C. The molecule has 1 rings (SSSR count). The fourth-order valence-electron chi connectivity index (χ4n) is 2.66. The van der Waals surface area contributed by atoms with Crippen LogP contribution in [0.2, 0.25) is 0 Å². The molecule has 1 saturated carbocycles. The smallest absolute Gasteiger partial charge is 0.212 e. The van der Waals surface area contributed by atoms with Gasteiger partial charge in [0.1, 0.15) is 0 Å². The highest BCUT2D eigenvalue weighted by atomic mass is 32.2. The molecule has 5 heteroatoms. The lowest BCUT2D eigenvalue weighted by Crippen LogP contribution is -2.59. The summed E-state index contributed by atoms with van der Waals surface area (Å²) in [6.07, 6.45) is 4.87. The van der Waals surface area contributed by atoms with E-state index in [0.717, 1.165) is 19.3 Å². The average Bonchev–Trinajstić information content (AvgIpc) is 2.30. The first-order valence-electron chi connectivity index (χ1n) is 7.03. The van der Waals surface area contributed by atoms with Gasteiger partial charge in [-0.15, -0.1) is 0 Å². The van der Waals surface area contributed by atoms with Crippen molar-refractivity contribution in [3.05, 3.63) is 0 Å². The van der Waals surface area contributed by atoms with Crippen LogP contribution in [0, 0.1) is 11.8 Å². The zero-order chi connectivity index (χ0) is 13.8. The summed E-state index contributed by atoms with van der Waals surface area (Å²) in [6, 6.07) is 0. The molecule has 0 heterocycles. The third-order valence-electron chi connectivity index (χ3n) is 4.14. The Morgan fingerprint density at radius 2 is 2.06 bits per heavy atom. The maximum atomic E-state index is 12.1. The Hall–Kier alpha value is -0.130. The Morgan fingerprint density at radius 1 is 1.39 bits per heavy atom. The van der Waals surface area contributed by atoms with Crippen LogP contribution < -0.4 is 10.5 Å². The monoisotopic (exact) mass is 276 g/mol. The molecule has 1 fully saturated rings. The van der Waals surface area contributed by atoms with Crippen LogP contribution in [0.3, 0.4) is 0 Å². The second-order valence-electron chi connectivity index (χ2n) is 6.11. The molecule has 0 radical (unpaired) electrons. The molecule has 0 amide bonds. The topological polar surface area (TPSA) is 72.2 Å². The zero-order valence-electron chi connectivity index (χ0n) is 11.9. The molecule has 0 aromatic heterocycles. The van der Waals surface area contributed by atoms with E-state index in [1.54, 1.807) is 0 Å². The zero-order valence-corrected chi connectivity index (χ0v) is 12.7. The van der Waals surface area contributed by atoms with E-state index in [-0.39, 0.29) is 5.75 Å². The number of hydrogen-bond donors (Lipinski definition) is 2. The molecule has 0 saturated heterocycles. The summed E-state index contributed by atoms with van der Waals surface area (Å²) in [5, 5.41) is 0. The molecule has 2 atom stereocenters. The number of rotatable bonds is 6. The lowest BCUT2D eigenvalue weighted by Gasteiger charge is -2.42. The predicted octanol–water partition coefficient (Wildman–Crippen LogP) is 1.86. The van der Waals surface area contributed by atoms with E-state index < -0.39 is 15.6 Å². The molecule has 108 valence electrons. The summed E-state index contributed by atoms with van der Waals surface area (Å²) in [6.45, 7) is 6.58. The van der Waals surface area contributed by atoms with Crippen LogP contribution in [0.5, 0.6) is 0 Å². The minimum Gasteiger partial charge on any atom is -0.329 e. The second kappa shape index (κ2) is 6.35. The van der Waals surface area contributed by atoms with Crippen LogP contribution in [0.25, 0.3) is 0 Å². The number of sulfonamides is 1. The van der Waals surface area contributed by atoms with E-state index in [2.05, 4.69) is 11.6 Å². The summed E-state index contributed by atoms with van der Waals surface area (Å²) in [4.78, 5) is 0. The maximum absolute atomic E-state index is 12.1. The van der Waals surface area contributed by atoms with Gasteiger partial charge >= 0.3 is 0 Å². The van der Waals surface area contributed by atoms with Crippen LogP contribution in [0.4, 0.5) is 0 Å². The van der Waals surface area contributed by atoms with Crippen molar-refractivity contribution in [2.75, 3.05) is 12.3 Å². The van der Waals surface area contributed by atoms with Crippen molar-refractivity contribution in [3.8, 4) is 0 Å². The standard InChI is InChI=1S/C13H28N2O2S/c1-11(2)7-9-18(16,17)15-13(10-14)8-5-4-6-12(13)3/h11-12,15H,4-10,14H2,1-3H3. The summed E-state index contributed by atoms with van der Waals surface area (Å²) in [5.41, 5.74) is 5.46. The van der Waals surface area contributed by atoms with Gasteiger partial charge in [-0.2, -0.15) is 0 Å². The Labute approximate surface area is 112 Å². The van der Waals surface area contributed by atoms with Crippen LogP contribution >= 0.6 is 0 Å². The van der Waals surface area contributed by atoms with E-state index in [4.69, 9.17) is 5.73 Å². The fourth-order valence-corrected chi connectivity index (χ4v) is 4.55. The number of nitrogens with two attached hydrogens (primary N) is 1. The van der Waals surface area contributed by atoms with Crippen molar-refractivity contribution in [2.45, 2.75) is 58.4 Å². The lowest BCUT2D eigenvalue weighted by molar-refractivity contribution is 0.191. The maximum Gasteiger partial charge on any atom is 0.212 e. The number of hydrogen-bond acceptors (Lipinski definition) is 3. The molecular weight excluding hydrogens is 248 g/mol. The average molecular weight is 276 g/mol. The minimum atomic E-state index is -3.21. The molecule has 18 heavy (non-hydrogen) atoms. The first kappa shape index (κ1) is 15.9. The van der Waals surface area contributed by atoms with Gasteiger partial charge in [-0.05, 0) is 31.1 Å². The lowest BCUT2D eigenvalue weighted by atomic mass is 9.74. The molecule has 1 aliphatic carbocycles. The molecule has 0 bridgehead atoms. The summed E-state index contributed by atoms with van der Waals surface area (Å²) in [7, 11) is -3.21. The molecule has 2 unspecified atom stereocenters. The molecular formula is C13H28N2O2S. The Kier molecular flexibility index (Phi) is 5.62. The summed E-state index contributed by atoms with van der Waals surface area (Å²) >= 11 is 0. The molecule has 1 aliphatic rings. The predicted molar refractivity (Wildman–Crippen MR) is 75.8 cm³/mol. The van der Waals surface area contributed by atoms with E-state index in [0.29, 0.717) is 24.8 Å². The van der Waals surface area contributed by atoms with Crippen LogP contribution in [0.1, 0.15) is 52.9 Å². The fraction of sp³-hybridized carbons (Fsp3) is 1.00. The van der Waals surface area contributed by atoms with Gasteiger partial charge in [0.2, 0.25) is 10.0 Å². The van der Waals surface area contributed by atoms with Crippen molar-refractivity contribution < 1.29 is 8.42 Å². The quantitative estimate of drug-likeness (QED) is 0.778. The van der Waals surface area contributed by atoms with Crippen molar-refractivity contribution in [2.24, 2.45) is 17.6 Å². The normalized spacial score (nSPS) is 29.7. The number of nitrogens with one attached hydrogen (secondary N) is 1. The molecule has 0 aromatic rings. The van der Waals surface area contributed by atoms with Gasteiger partial charge in [-0.3, -0.25) is 0 Å². The molecule has 4 nitrogen and oxygen atoms in total. The highest BCUT2D eigenvalue weighted by molar-refractivity contribution is 7.89. The Bertz CT molecular complexity index is 354. The van der Waals surface area contributed by atoms with E-state index in [1.165, 1.54) is 6.42 Å². The van der Waals surface area contributed by atoms with E-state index in [9.17, 15) is 8.42 Å². The van der Waals surface area contributed by atoms with Crippen molar-refractivity contribution in [1.82, 2.24) is 4.72 Å². The van der Waals surface area contributed by atoms with Crippen LogP contribution in [-0.2, 0) is 10.0 Å². The van der Waals surface area contributed by atoms with Gasteiger partial charge in [0.25, 0.3) is 0 Å². The van der Waals surface area contributed by atoms with Gasteiger partial charge < -0.3 is 5.73 Å². The van der Waals surface area contributed by atoms with Gasteiger partial charge in [-0.1, -0.05) is 33.6 Å². The summed E-state index contributed by atoms with van der Waals surface area (Å²) < 4.78 is 27.2. The van der Waals surface area contributed by atoms with Gasteiger partial charge in [-0.25, -0.2) is 13.1 Å². The van der Waals surface area contributed by atoms with E-state index in [1.807, 2.05) is 13.8 Å².